The maximum absolute atomic E-state index is 12.1. The molecule has 132 valence electrons. The SMILES string of the molecule is COC(=O)c1cccc(NC(=O)COc2ccc(Br)cc2C(C)C)c1. The number of carbonyl (C=O) groups is 2. The minimum Gasteiger partial charge on any atom is -0.483 e. The molecule has 0 aromatic heterocycles. The van der Waals surface area contributed by atoms with Gasteiger partial charge in [0.15, 0.2) is 6.61 Å². The molecule has 0 saturated heterocycles. The predicted octanol–water partition coefficient (Wildman–Crippen LogP) is 4.38. The number of hydrogen-bond donors (Lipinski definition) is 1. The number of anilines is 1. The first kappa shape index (κ1) is 19.0. The minimum absolute atomic E-state index is 0.121. The molecule has 0 spiro atoms. The van der Waals surface area contributed by atoms with E-state index in [9.17, 15) is 9.59 Å². The predicted molar refractivity (Wildman–Crippen MR) is 100 cm³/mol. The quantitative estimate of drug-likeness (QED) is 0.724. The Hall–Kier alpha value is -2.34. The van der Waals surface area contributed by atoms with Crippen LogP contribution in [0.1, 0.15) is 35.7 Å². The lowest BCUT2D eigenvalue weighted by Gasteiger charge is -2.14. The Labute approximate surface area is 155 Å². The van der Waals surface area contributed by atoms with Crippen LogP contribution in [0.3, 0.4) is 0 Å². The highest BCUT2D eigenvalue weighted by Gasteiger charge is 2.12. The van der Waals surface area contributed by atoms with Crippen LogP contribution < -0.4 is 10.1 Å². The molecule has 1 N–H and O–H groups in total. The number of nitrogens with one attached hydrogen (secondary N) is 1. The van der Waals surface area contributed by atoms with Gasteiger partial charge < -0.3 is 14.8 Å². The highest BCUT2D eigenvalue weighted by Crippen LogP contribution is 2.29. The molecule has 0 atom stereocenters. The average molecular weight is 406 g/mol. The normalized spacial score (nSPS) is 10.4. The van der Waals surface area contributed by atoms with E-state index in [4.69, 9.17) is 4.74 Å². The van der Waals surface area contributed by atoms with E-state index >= 15 is 0 Å². The van der Waals surface area contributed by atoms with Gasteiger partial charge in [-0.05, 0) is 47.9 Å². The molecule has 1 amide bonds. The van der Waals surface area contributed by atoms with Crippen molar-refractivity contribution in [3.8, 4) is 5.75 Å². The molecule has 0 aliphatic heterocycles. The number of carbonyl (C=O) groups excluding carboxylic acids is 2. The van der Waals surface area contributed by atoms with E-state index < -0.39 is 5.97 Å². The zero-order valence-corrected chi connectivity index (χ0v) is 15.9. The topological polar surface area (TPSA) is 64.6 Å². The van der Waals surface area contributed by atoms with Gasteiger partial charge in [0, 0.05) is 10.2 Å². The summed E-state index contributed by atoms with van der Waals surface area (Å²) in [5.74, 6) is 0.187. The zero-order chi connectivity index (χ0) is 18.4. The minimum atomic E-state index is -0.455. The summed E-state index contributed by atoms with van der Waals surface area (Å²) in [6, 6.07) is 12.2. The molecular weight excluding hydrogens is 386 g/mol. The summed E-state index contributed by atoms with van der Waals surface area (Å²) in [7, 11) is 1.31. The van der Waals surface area contributed by atoms with Crippen molar-refractivity contribution in [2.75, 3.05) is 19.0 Å². The van der Waals surface area contributed by atoms with Crippen molar-refractivity contribution in [3.05, 3.63) is 58.1 Å². The van der Waals surface area contributed by atoms with Gasteiger partial charge in [-0.1, -0.05) is 35.8 Å². The summed E-state index contributed by atoms with van der Waals surface area (Å²) in [6.45, 7) is 4.00. The van der Waals surface area contributed by atoms with Gasteiger partial charge in [0.1, 0.15) is 5.75 Å². The molecule has 0 unspecified atom stereocenters. The molecule has 0 radical (unpaired) electrons. The van der Waals surface area contributed by atoms with Crippen molar-refractivity contribution >= 4 is 33.5 Å². The zero-order valence-electron chi connectivity index (χ0n) is 14.3. The number of rotatable bonds is 6. The molecule has 0 fully saturated rings. The molecule has 2 aromatic carbocycles. The second-order valence-corrected chi connectivity index (χ2v) is 6.66. The van der Waals surface area contributed by atoms with Crippen molar-refractivity contribution in [2.45, 2.75) is 19.8 Å². The first-order chi connectivity index (χ1) is 11.9. The second kappa shape index (κ2) is 8.67. The van der Waals surface area contributed by atoms with Gasteiger partial charge in [-0.3, -0.25) is 4.79 Å². The molecule has 5 nitrogen and oxygen atoms in total. The molecule has 6 heteroatoms. The van der Waals surface area contributed by atoms with E-state index in [1.54, 1.807) is 24.3 Å². The third kappa shape index (κ3) is 5.32. The second-order valence-electron chi connectivity index (χ2n) is 5.75. The monoisotopic (exact) mass is 405 g/mol. The van der Waals surface area contributed by atoms with Crippen LogP contribution in [0.2, 0.25) is 0 Å². The summed E-state index contributed by atoms with van der Waals surface area (Å²) in [6.07, 6.45) is 0. The summed E-state index contributed by atoms with van der Waals surface area (Å²) >= 11 is 3.44. The van der Waals surface area contributed by atoms with Crippen LogP contribution >= 0.6 is 15.9 Å². The maximum Gasteiger partial charge on any atom is 0.337 e. The molecular formula is C19H20BrNO4. The van der Waals surface area contributed by atoms with E-state index in [0.717, 1.165) is 10.0 Å². The van der Waals surface area contributed by atoms with Gasteiger partial charge in [0.05, 0.1) is 12.7 Å². The van der Waals surface area contributed by atoms with Crippen molar-refractivity contribution in [1.82, 2.24) is 0 Å². The van der Waals surface area contributed by atoms with Crippen molar-refractivity contribution in [2.24, 2.45) is 0 Å². The molecule has 0 aliphatic rings. The van der Waals surface area contributed by atoms with Crippen LogP contribution in [0.15, 0.2) is 46.9 Å². The van der Waals surface area contributed by atoms with Crippen molar-refractivity contribution in [1.29, 1.82) is 0 Å². The molecule has 2 aromatic rings. The Morgan fingerprint density at radius 3 is 2.60 bits per heavy atom. The highest BCUT2D eigenvalue weighted by molar-refractivity contribution is 9.10. The molecule has 0 aliphatic carbocycles. The summed E-state index contributed by atoms with van der Waals surface area (Å²) in [5.41, 5.74) is 1.91. The number of esters is 1. The van der Waals surface area contributed by atoms with E-state index in [0.29, 0.717) is 17.0 Å². The lowest BCUT2D eigenvalue weighted by atomic mass is 10.0. The van der Waals surface area contributed by atoms with Gasteiger partial charge in [-0.2, -0.15) is 0 Å². The highest BCUT2D eigenvalue weighted by atomic mass is 79.9. The Balaban J connectivity index is 2.01. The lowest BCUT2D eigenvalue weighted by Crippen LogP contribution is -2.20. The van der Waals surface area contributed by atoms with Crippen LogP contribution in [0, 0.1) is 0 Å². The van der Waals surface area contributed by atoms with Gasteiger partial charge in [0.2, 0.25) is 0 Å². The number of halogens is 1. The number of ether oxygens (including phenoxy) is 2. The van der Waals surface area contributed by atoms with E-state index in [1.807, 2.05) is 18.2 Å². The molecule has 2 rings (SSSR count). The maximum atomic E-state index is 12.1. The lowest BCUT2D eigenvalue weighted by molar-refractivity contribution is -0.118. The Kier molecular flexibility index (Phi) is 6.58. The summed E-state index contributed by atoms with van der Waals surface area (Å²) < 4.78 is 11.3. The van der Waals surface area contributed by atoms with E-state index in [1.165, 1.54) is 7.11 Å². The fraction of sp³-hybridized carbons (Fsp3) is 0.263. The Morgan fingerprint density at radius 2 is 1.92 bits per heavy atom. The number of methoxy groups -OCH3 is 1. The number of amides is 1. The molecule has 0 bridgehead atoms. The summed E-state index contributed by atoms with van der Waals surface area (Å²) in [4.78, 5) is 23.7. The average Bonchev–Trinajstić information content (AvgIpc) is 2.60. The van der Waals surface area contributed by atoms with Crippen molar-refractivity contribution < 1.29 is 19.1 Å². The number of hydrogen-bond acceptors (Lipinski definition) is 4. The van der Waals surface area contributed by atoms with E-state index in [-0.39, 0.29) is 18.4 Å². The van der Waals surface area contributed by atoms with Gasteiger partial charge in [-0.25, -0.2) is 4.79 Å². The van der Waals surface area contributed by atoms with Crippen LogP contribution in [0.5, 0.6) is 5.75 Å². The van der Waals surface area contributed by atoms with E-state index in [2.05, 4.69) is 39.8 Å². The first-order valence-corrected chi connectivity index (χ1v) is 8.60. The standard InChI is InChI=1S/C19H20BrNO4/c1-12(2)16-10-14(20)7-8-17(16)25-11-18(22)21-15-6-4-5-13(9-15)19(23)24-3/h4-10,12H,11H2,1-3H3,(H,21,22). The fourth-order valence-electron chi connectivity index (χ4n) is 2.28. The van der Waals surface area contributed by atoms with Crippen LogP contribution in [-0.2, 0) is 9.53 Å². The van der Waals surface area contributed by atoms with Crippen LogP contribution in [-0.4, -0.2) is 25.6 Å². The Morgan fingerprint density at radius 1 is 1.16 bits per heavy atom. The van der Waals surface area contributed by atoms with Crippen molar-refractivity contribution in [3.63, 3.8) is 0 Å². The molecule has 25 heavy (non-hydrogen) atoms. The number of benzene rings is 2. The fourth-order valence-corrected chi connectivity index (χ4v) is 2.66. The first-order valence-electron chi connectivity index (χ1n) is 7.81. The molecule has 0 heterocycles. The van der Waals surface area contributed by atoms with Crippen LogP contribution in [0.25, 0.3) is 0 Å². The largest absolute Gasteiger partial charge is 0.483 e. The van der Waals surface area contributed by atoms with Gasteiger partial charge >= 0.3 is 5.97 Å². The smallest absolute Gasteiger partial charge is 0.337 e. The van der Waals surface area contributed by atoms with Crippen LogP contribution in [0.4, 0.5) is 5.69 Å². The third-order valence-corrected chi connectivity index (χ3v) is 4.01. The van der Waals surface area contributed by atoms with Gasteiger partial charge in [0.25, 0.3) is 5.91 Å². The molecule has 0 saturated carbocycles. The Bertz CT molecular complexity index is 774. The summed E-state index contributed by atoms with van der Waals surface area (Å²) in [5, 5.41) is 2.71. The van der Waals surface area contributed by atoms with Gasteiger partial charge in [-0.15, -0.1) is 0 Å². The third-order valence-electron chi connectivity index (χ3n) is 3.52.